The number of nitriles is 1. The summed E-state index contributed by atoms with van der Waals surface area (Å²) < 4.78 is 0. The van der Waals surface area contributed by atoms with Crippen molar-refractivity contribution < 1.29 is 4.79 Å². The van der Waals surface area contributed by atoms with Crippen molar-refractivity contribution in [2.45, 2.75) is 19.4 Å². The van der Waals surface area contributed by atoms with Crippen molar-refractivity contribution in [3.63, 3.8) is 0 Å². The van der Waals surface area contributed by atoms with E-state index in [-0.39, 0.29) is 18.4 Å². The van der Waals surface area contributed by atoms with E-state index in [2.05, 4.69) is 5.32 Å². The van der Waals surface area contributed by atoms with Crippen LogP contribution in [0.25, 0.3) is 0 Å². The Balaban J connectivity index is 2.73. The average Bonchev–Trinajstić information content (AvgIpc) is 2.16. The molecule has 1 rings (SSSR count). The van der Waals surface area contributed by atoms with Gasteiger partial charge in [0.15, 0.2) is 0 Å². The van der Waals surface area contributed by atoms with Crippen molar-refractivity contribution in [2.75, 3.05) is 5.32 Å². The molecule has 0 aliphatic heterocycles. The zero-order chi connectivity index (χ0) is 12.1. The standard InChI is InChI=1S/C11H12ClN3O/c1-7(14)4-11(16)15-9-3-2-8(6-13)10(12)5-9/h2-3,5,7H,4,14H2,1H3,(H,15,16). The van der Waals surface area contributed by atoms with Gasteiger partial charge >= 0.3 is 0 Å². The van der Waals surface area contributed by atoms with E-state index in [1.807, 2.05) is 6.07 Å². The van der Waals surface area contributed by atoms with Crippen molar-refractivity contribution in [1.82, 2.24) is 0 Å². The SMILES string of the molecule is CC(N)CC(=O)Nc1ccc(C#N)c(Cl)c1. The maximum absolute atomic E-state index is 11.4. The fraction of sp³-hybridized carbons (Fsp3) is 0.273. The Kier molecular flexibility index (Phi) is 4.29. The van der Waals surface area contributed by atoms with Gasteiger partial charge in [-0.3, -0.25) is 4.79 Å². The van der Waals surface area contributed by atoms with E-state index in [1.165, 1.54) is 0 Å². The second-order valence-corrected chi connectivity index (χ2v) is 3.94. The van der Waals surface area contributed by atoms with Crippen LogP contribution in [-0.4, -0.2) is 11.9 Å². The summed E-state index contributed by atoms with van der Waals surface area (Å²) in [6.45, 7) is 1.76. The molecule has 0 saturated heterocycles. The van der Waals surface area contributed by atoms with E-state index in [0.717, 1.165) is 0 Å². The van der Waals surface area contributed by atoms with Crippen LogP contribution < -0.4 is 11.1 Å². The maximum atomic E-state index is 11.4. The lowest BCUT2D eigenvalue weighted by Crippen LogP contribution is -2.23. The minimum absolute atomic E-state index is 0.171. The summed E-state index contributed by atoms with van der Waals surface area (Å²) in [6.07, 6.45) is 0.248. The number of carbonyl (C=O) groups excluding carboxylic acids is 1. The van der Waals surface area contributed by atoms with Crippen LogP contribution in [0.3, 0.4) is 0 Å². The largest absolute Gasteiger partial charge is 0.327 e. The van der Waals surface area contributed by atoms with Crippen LogP contribution in [-0.2, 0) is 4.79 Å². The zero-order valence-electron chi connectivity index (χ0n) is 8.83. The molecule has 1 amide bonds. The van der Waals surface area contributed by atoms with Gasteiger partial charge in [-0.15, -0.1) is 0 Å². The van der Waals surface area contributed by atoms with Gasteiger partial charge in [0.05, 0.1) is 10.6 Å². The van der Waals surface area contributed by atoms with Gasteiger partial charge in [-0.2, -0.15) is 5.26 Å². The lowest BCUT2D eigenvalue weighted by atomic mass is 10.2. The maximum Gasteiger partial charge on any atom is 0.225 e. The molecule has 0 spiro atoms. The number of benzene rings is 1. The van der Waals surface area contributed by atoms with Crippen molar-refractivity contribution in [3.05, 3.63) is 28.8 Å². The molecule has 4 nitrogen and oxygen atoms in total. The molecule has 5 heteroatoms. The molecular weight excluding hydrogens is 226 g/mol. The summed E-state index contributed by atoms with van der Waals surface area (Å²) in [7, 11) is 0. The molecule has 1 aromatic rings. The van der Waals surface area contributed by atoms with E-state index in [4.69, 9.17) is 22.6 Å². The molecular formula is C11H12ClN3O. The molecule has 1 aromatic carbocycles. The number of rotatable bonds is 3. The Hall–Kier alpha value is -1.57. The van der Waals surface area contributed by atoms with Crippen LogP contribution in [0, 0.1) is 11.3 Å². The molecule has 84 valence electrons. The Labute approximate surface area is 99.0 Å². The van der Waals surface area contributed by atoms with Gasteiger partial charge in [-0.1, -0.05) is 11.6 Å². The highest BCUT2D eigenvalue weighted by molar-refractivity contribution is 6.32. The zero-order valence-corrected chi connectivity index (χ0v) is 9.58. The van der Waals surface area contributed by atoms with Crippen LogP contribution >= 0.6 is 11.6 Å². The molecule has 1 atom stereocenters. The second kappa shape index (κ2) is 5.50. The highest BCUT2D eigenvalue weighted by Gasteiger charge is 2.07. The van der Waals surface area contributed by atoms with Crippen LogP contribution in [0.2, 0.25) is 5.02 Å². The lowest BCUT2D eigenvalue weighted by molar-refractivity contribution is -0.116. The fourth-order valence-electron chi connectivity index (χ4n) is 1.19. The van der Waals surface area contributed by atoms with Crippen molar-refractivity contribution >= 4 is 23.2 Å². The second-order valence-electron chi connectivity index (χ2n) is 3.54. The molecule has 0 heterocycles. The van der Waals surface area contributed by atoms with Crippen LogP contribution in [0.5, 0.6) is 0 Å². The quantitative estimate of drug-likeness (QED) is 0.843. The highest BCUT2D eigenvalue weighted by Crippen LogP contribution is 2.20. The number of carbonyl (C=O) groups is 1. The number of nitrogens with one attached hydrogen (secondary N) is 1. The fourth-order valence-corrected chi connectivity index (χ4v) is 1.41. The summed E-state index contributed by atoms with van der Waals surface area (Å²) in [4.78, 5) is 11.4. The molecule has 0 aromatic heterocycles. The number of hydrogen-bond donors (Lipinski definition) is 2. The first kappa shape index (κ1) is 12.5. The molecule has 0 aliphatic carbocycles. The number of hydrogen-bond acceptors (Lipinski definition) is 3. The minimum Gasteiger partial charge on any atom is -0.327 e. The van der Waals surface area contributed by atoms with Gasteiger partial charge in [-0.25, -0.2) is 0 Å². The number of anilines is 1. The molecule has 0 radical (unpaired) electrons. The van der Waals surface area contributed by atoms with Gasteiger partial charge in [0, 0.05) is 18.2 Å². The Morgan fingerprint density at radius 2 is 2.38 bits per heavy atom. The summed E-state index contributed by atoms with van der Waals surface area (Å²) >= 11 is 5.82. The third kappa shape index (κ3) is 3.54. The van der Waals surface area contributed by atoms with E-state index in [9.17, 15) is 4.79 Å². The topological polar surface area (TPSA) is 78.9 Å². The van der Waals surface area contributed by atoms with Gasteiger partial charge in [0.2, 0.25) is 5.91 Å². The van der Waals surface area contributed by atoms with Crippen LogP contribution in [0.4, 0.5) is 5.69 Å². The lowest BCUT2D eigenvalue weighted by Gasteiger charge is -2.07. The predicted octanol–water partition coefficient (Wildman–Crippen LogP) is 1.89. The monoisotopic (exact) mass is 237 g/mol. The smallest absolute Gasteiger partial charge is 0.225 e. The van der Waals surface area contributed by atoms with Crippen molar-refractivity contribution in [1.29, 1.82) is 5.26 Å². The van der Waals surface area contributed by atoms with Gasteiger partial charge in [0.25, 0.3) is 0 Å². The number of amides is 1. The summed E-state index contributed by atoms with van der Waals surface area (Å²) in [6, 6.07) is 6.49. The normalized spacial score (nSPS) is 11.6. The molecule has 0 fully saturated rings. The highest BCUT2D eigenvalue weighted by atomic mass is 35.5. The summed E-state index contributed by atoms with van der Waals surface area (Å²) in [5.74, 6) is -0.171. The number of nitrogens with two attached hydrogens (primary N) is 1. The van der Waals surface area contributed by atoms with E-state index in [1.54, 1.807) is 25.1 Å². The van der Waals surface area contributed by atoms with E-state index >= 15 is 0 Å². The minimum atomic E-state index is -0.186. The first-order chi connectivity index (χ1) is 7.52. The molecule has 0 aliphatic rings. The van der Waals surface area contributed by atoms with Gasteiger partial charge in [-0.05, 0) is 25.1 Å². The Morgan fingerprint density at radius 1 is 1.69 bits per heavy atom. The molecule has 3 N–H and O–H groups in total. The molecule has 1 unspecified atom stereocenters. The average molecular weight is 238 g/mol. The first-order valence-electron chi connectivity index (χ1n) is 4.78. The third-order valence-electron chi connectivity index (χ3n) is 1.88. The van der Waals surface area contributed by atoms with E-state index < -0.39 is 0 Å². The van der Waals surface area contributed by atoms with Crippen molar-refractivity contribution in [3.8, 4) is 6.07 Å². The summed E-state index contributed by atoms with van der Waals surface area (Å²) in [5.41, 5.74) is 6.44. The Morgan fingerprint density at radius 3 is 2.88 bits per heavy atom. The van der Waals surface area contributed by atoms with Gasteiger partial charge in [0.1, 0.15) is 6.07 Å². The van der Waals surface area contributed by atoms with Gasteiger partial charge < -0.3 is 11.1 Å². The van der Waals surface area contributed by atoms with E-state index in [0.29, 0.717) is 16.3 Å². The van der Waals surface area contributed by atoms with Crippen LogP contribution in [0.1, 0.15) is 18.9 Å². The number of nitrogens with zero attached hydrogens (tertiary/aromatic N) is 1. The first-order valence-corrected chi connectivity index (χ1v) is 5.16. The third-order valence-corrected chi connectivity index (χ3v) is 2.19. The Bertz CT molecular complexity index is 437. The van der Waals surface area contributed by atoms with Crippen molar-refractivity contribution in [2.24, 2.45) is 5.73 Å². The molecule has 0 saturated carbocycles. The summed E-state index contributed by atoms with van der Waals surface area (Å²) in [5, 5.41) is 11.6. The molecule has 0 bridgehead atoms. The molecule has 16 heavy (non-hydrogen) atoms. The predicted molar refractivity (Wildman–Crippen MR) is 63.1 cm³/mol. The van der Waals surface area contributed by atoms with Crippen LogP contribution in [0.15, 0.2) is 18.2 Å². The number of halogens is 1.